The molecule has 2 amide bonds. The van der Waals surface area contributed by atoms with Gasteiger partial charge in [-0.05, 0) is 43.9 Å². The van der Waals surface area contributed by atoms with E-state index in [1.165, 1.54) is 0 Å². The highest BCUT2D eigenvalue weighted by atomic mass is 16.5. The van der Waals surface area contributed by atoms with E-state index in [0.717, 1.165) is 38.8 Å². The van der Waals surface area contributed by atoms with Gasteiger partial charge in [0.05, 0.1) is 5.69 Å². The molecule has 2 aliphatic rings. The summed E-state index contributed by atoms with van der Waals surface area (Å²) in [6, 6.07) is 5.20. The lowest BCUT2D eigenvalue weighted by Gasteiger charge is -2.16. The minimum Gasteiger partial charge on any atom is -0.482 e. The Bertz CT molecular complexity index is 578. The van der Waals surface area contributed by atoms with Crippen molar-refractivity contribution >= 4 is 17.5 Å². The molecule has 1 aromatic carbocycles. The van der Waals surface area contributed by atoms with E-state index in [4.69, 9.17) is 10.5 Å². The molecule has 1 heterocycles. The van der Waals surface area contributed by atoms with Crippen molar-refractivity contribution in [2.24, 2.45) is 0 Å². The molecule has 1 saturated heterocycles. The first-order chi connectivity index (χ1) is 10.6. The summed E-state index contributed by atoms with van der Waals surface area (Å²) in [7, 11) is 0. The number of rotatable bonds is 5. The minimum absolute atomic E-state index is 0.0373. The Morgan fingerprint density at radius 2 is 2.00 bits per heavy atom. The first-order valence-corrected chi connectivity index (χ1v) is 7.74. The Morgan fingerprint density at radius 3 is 2.68 bits per heavy atom. The third kappa shape index (κ3) is 3.50. The van der Waals surface area contributed by atoms with Gasteiger partial charge in [0.2, 0.25) is 0 Å². The lowest BCUT2D eigenvalue weighted by molar-refractivity contribution is -0.132. The zero-order valence-corrected chi connectivity index (χ0v) is 12.5. The first kappa shape index (κ1) is 14.7. The second kappa shape index (κ2) is 6.25. The summed E-state index contributed by atoms with van der Waals surface area (Å²) in [5.41, 5.74) is 6.79. The molecular formula is C16H21N3O3. The average Bonchev–Trinajstić information content (AvgIpc) is 3.15. The number of ether oxygens (including phenoxy) is 1. The standard InChI is InChI=1S/C16H21N3O3/c17-13-6-3-11(16(21)18-12-4-5-12)9-14(13)22-10-15(20)19-7-1-2-8-19/h3,6,9,12H,1-2,4-5,7-8,10,17H2,(H,18,21). The van der Waals surface area contributed by atoms with Gasteiger partial charge in [-0.25, -0.2) is 0 Å². The quantitative estimate of drug-likeness (QED) is 0.800. The first-order valence-electron chi connectivity index (χ1n) is 7.74. The number of nitrogens with two attached hydrogens (primary N) is 1. The molecule has 3 rings (SSSR count). The van der Waals surface area contributed by atoms with Gasteiger partial charge in [0.25, 0.3) is 11.8 Å². The highest BCUT2D eigenvalue weighted by Gasteiger charge is 2.24. The second-order valence-electron chi connectivity index (χ2n) is 5.88. The monoisotopic (exact) mass is 303 g/mol. The number of carbonyl (C=O) groups is 2. The van der Waals surface area contributed by atoms with Gasteiger partial charge in [0, 0.05) is 24.7 Å². The number of benzene rings is 1. The number of hydrogen-bond acceptors (Lipinski definition) is 4. The molecule has 22 heavy (non-hydrogen) atoms. The van der Waals surface area contributed by atoms with E-state index in [1.54, 1.807) is 23.1 Å². The van der Waals surface area contributed by atoms with Crippen LogP contribution in [0.1, 0.15) is 36.0 Å². The van der Waals surface area contributed by atoms with Gasteiger partial charge in [-0.3, -0.25) is 9.59 Å². The summed E-state index contributed by atoms with van der Waals surface area (Å²) < 4.78 is 5.53. The van der Waals surface area contributed by atoms with E-state index in [9.17, 15) is 9.59 Å². The van der Waals surface area contributed by atoms with Gasteiger partial charge in [0.15, 0.2) is 6.61 Å². The van der Waals surface area contributed by atoms with Crippen LogP contribution in [0.2, 0.25) is 0 Å². The predicted molar refractivity (Wildman–Crippen MR) is 82.7 cm³/mol. The Hall–Kier alpha value is -2.24. The number of likely N-dealkylation sites (tertiary alicyclic amines) is 1. The number of amides is 2. The normalized spacial score (nSPS) is 17.4. The van der Waals surface area contributed by atoms with Crippen LogP contribution >= 0.6 is 0 Å². The van der Waals surface area contributed by atoms with Crippen molar-refractivity contribution < 1.29 is 14.3 Å². The molecule has 0 atom stereocenters. The van der Waals surface area contributed by atoms with Crippen LogP contribution in [0.4, 0.5) is 5.69 Å². The Labute approximate surface area is 129 Å². The summed E-state index contributed by atoms with van der Waals surface area (Å²) in [5, 5.41) is 2.92. The number of nitrogens with one attached hydrogen (secondary N) is 1. The molecule has 6 heteroatoms. The van der Waals surface area contributed by atoms with Crippen molar-refractivity contribution in [2.75, 3.05) is 25.4 Å². The van der Waals surface area contributed by atoms with Crippen LogP contribution in [0.3, 0.4) is 0 Å². The molecule has 1 aromatic rings. The Balaban J connectivity index is 1.61. The fourth-order valence-corrected chi connectivity index (χ4v) is 2.49. The van der Waals surface area contributed by atoms with Crippen molar-refractivity contribution in [3.05, 3.63) is 23.8 Å². The largest absolute Gasteiger partial charge is 0.482 e. The summed E-state index contributed by atoms with van der Waals surface area (Å²) >= 11 is 0. The van der Waals surface area contributed by atoms with E-state index in [1.807, 2.05) is 0 Å². The molecule has 1 aliphatic carbocycles. The molecule has 0 spiro atoms. The zero-order valence-electron chi connectivity index (χ0n) is 12.5. The number of nitrogen functional groups attached to an aromatic ring is 1. The van der Waals surface area contributed by atoms with E-state index in [0.29, 0.717) is 23.0 Å². The number of nitrogens with zero attached hydrogens (tertiary/aromatic N) is 1. The lowest BCUT2D eigenvalue weighted by Crippen LogP contribution is -2.32. The van der Waals surface area contributed by atoms with Crippen molar-refractivity contribution in [3.63, 3.8) is 0 Å². The van der Waals surface area contributed by atoms with Crippen LogP contribution in [-0.2, 0) is 4.79 Å². The van der Waals surface area contributed by atoms with Crippen molar-refractivity contribution in [2.45, 2.75) is 31.7 Å². The molecular weight excluding hydrogens is 282 g/mol. The van der Waals surface area contributed by atoms with Gasteiger partial charge in [0.1, 0.15) is 5.75 Å². The van der Waals surface area contributed by atoms with Crippen LogP contribution in [0.5, 0.6) is 5.75 Å². The molecule has 1 saturated carbocycles. The molecule has 1 aliphatic heterocycles. The third-order valence-electron chi connectivity index (χ3n) is 4.00. The van der Waals surface area contributed by atoms with Crippen LogP contribution in [0.25, 0.3) is 0 Å². The van der Waals surface area contributed by atoms with E-state index >= 15 is 0 Å². The fourth-order valence-electron chi connectivity index (χ4n) is 2.49. The van der Waals surface area contributed by atoms with Crippen molar-refractivity contribution in [3.8, 4) is 5.75 Å². The maximum absolute atomic E-state index is 12.0. The Kier molecular flexibility index (Phi) is 4.18. The molecule has 6 nitrogen and oxygen atoms in total. The lowest BCUT2D eigenvalue weighted by atomic mass is 10.1. The molecule has 3 N–H and O–H groups in total. The summed E-state index contributed by atoms with van der Waals surface area (Å²) in [6.45, 7) is 1.54. The number of anilines is 1. The van der Waals surface area contributed by atoms with E-state index < -0.39 is 0 Å². The Morgan fingerprint density at radius 1 is 1.27 bits per heavy atom. The van der Waals surface area contributed by atoms with E-state index in [-0.39, 0.29) is 18.4 Å². The van der Waals surface area contributed by atoms with E-state index in [2.05, 4.69) is 5.32 Å². The fraction of sp³-hybridized carbons (Fsp3) is 0.500. The van der Waals surface area contributed by atoms with Crippen LogP contribution in [0.15, 0.2) is 18.2 Å². The molecule has 2 fully saturated rings. The van der Waals surface area contributed by atoms with Crippen molar-refractivity contribution in [1.82, 2.24) is 10.2 Å². The van der Waals surface area contributed by atoms with Gasteiger partial charge in [-0.15, -0.1) is 0 Å². The summed E-state index contributed by atoms with van der Waals surface area (Å²) in [6.07, 6.45) is 4.16. The number of hydrogen-bond donors (Lipinski definition) is 2. The highest BCUT2D eigenvalue weighted by Crippen LogP contribution is 2.24. The van der Waals surface area contributed by atoms with Gasteiger partial charge in [-0.1, -0.05) is 0 Å². The third-order valence-corrected chi connectivity index (χ3v) is 4.00. The second-order valence-corrected chi connectivity index (χ2v) is 5.88. The SMILES string of the molecule is Nc1ccc(C(=O)NC2CC2)cc1OCC(=O)N1CCCC1. The summed E-state index contributed by atoms with van der Waals surface area (Å²) in [4.78, 5) is 25.8. The number of carbonyl (C=O) groups excluding carboxylic acids is 2. The minimum atomic E-state index is -0.127. The predicted octanol–water partition coefficient (Wildman–Crippen LogP) is 1.16. The molecule has 0 unspecified atom stereocenters. The smallest absolute Gasteiger partial charge is 0.260 e. The van der Waals surface area contributed by atoms with Gasteiger partial charge < -0.3 is 20.7 Å². The maximum atomic E-state index is 12.0. The molecule has 118 valence electrons. The summed E-state index contributed by atoms with van der Waals surface area (Å²) in [5.74, 6) is 0.221. The average molecular weight is 303 g/mol. The van der Waals surface area contributed by atoms with Crippen LogP contribution < -0.4 is 15.8 Å². The van der Waals surface area contributed by atoms with Crippen molar-refractivity contribution in [1.29, 1.82) is 0 Å². The van der Waals surface area contributed by atoms with Gasteiger partial charge >= 0.3 is 0 Å². The molecule has 0 radical (unpaired) electrons. The zero-order chi connectivity index (χ0) is 15.5. The van der Waals surface area contributed by atoms with Crippen LogP contribution in [-0.4, -0.2) is 42.5 Å². The van der Waals surface area contributed by atoms with Gasteiger partial charge in [-0.2, -0.15) is 0 Å². The molecule has 0 aromatic heterocycles. The maximum Gasteiger partial charge on any atom is 0.260 e. The van der Waals surface area contributed by atoms with Crippen LogP contribution in [0, 0.1) is 0 Å². The molecule has 0 bridgehead atoms. The topological polar surface area (TPSA) is 84.7 Å². The highest BCUT2D eigenvalue weighted by molar-refractivity contribution is 5.95.